The second-order valence-corrected chi connectivity index (χ2v) is 7.91. The highest BCUT2D eigenvalue weighted by atomic mass is 32.2. The van der Waals surface area contributed by atoms with Crippen molar-refractivity contribution in [3.63, 3.8) is 0 Å². The lowest BCUT2D eigenvalue weighted by Gasteiger charge is -2.07. The zero-order valence-corrected chi connectivity index (χ0v) is 14.9. The maximum atomic E-state index is 11.7. The van der Waals surface area contributed by atoms with Crippen molar-refractivity contribution in [1.82, 2.24) is 9.97 Å². The van der Waals surface area contributed by atoms with E-state index < -0.39 is 10.0 Å². The van der Waals surface area contributed by atoms with Gasteiger partial charge >= 0.3 is 0 Å². The van der Waals surface area contributed by atoms with Crippen molar-refractivity contribution < 1.29 is 13.5 Å². The molecule has 130 valence electrons. The molecule has 0 radical (unpaired) electrons. The second-order valence-electron chi connectivity index (χ2n) is 5.30. The van der Waals surface area contributed by atoms with Gasteiger partial charge in [0.1, 0.15) is 4.90 Å². The Morgan fingerprint density at radius 2 is 2.04 bits per heavy atom. The molecule has 2 aromatic heterocycles. The van der Waals surface area contributed by atoms with Crippen LogP contribution in [0.5, 0.6) is 0 Å². The van der Waals surface area contributed by atoms with Gasteiger partial charge in [-0.3, -0.25) is 4.98 Å². The maximum absolute atomic E-state index is 11.7. The highest BCUT2D eigenvalue weighted by Crippen LogP contribution is 2.34. The number of nitrogens with two attached hydrogens (primary N) is 1. The van der Waals surface area contributed by atoms with Crippen LogP contribution in [-0.2, 0) is 16.6 Å². The fourth-order valence-electron chi connectivity index (χ4n) is 2.36. The molecule has 9 heteroatoms. The number of aryl methyl sites for hydroxylation is 1. The van der Waals surface area contributed by atoms with Gasteiger partial charge in [-0.05, 0) is 31.2 Å². The molecule has 0 unspecified atom stereocenters. The number of sulfonamides is 1. The van der Waals surface area contributed by atoms with Gasteiger partial charge in [-0.2, -0.15) is 0 Å². The van der Waals surface area contributed by atoms with Crippen LogP contribution < -0.4 is 10.5 Å². The van der Waals surface area contributed by atoms with Gasteiger partial charge in [0.25, 0.3) is 0 Å². The molecule has 2 heterocycles. The van der Waals surface area contributed by atoms with Crippen LogP contribution in [0.3, 0.4) is 0 Å². The van der Waals surface area contributed by atoms with E-state index in [0.717, 1.165) is 11.3 Å². The molecule has 0 saturated carbocycles. The predicted octanol–water partition coefficient (Wildman–Crippen LogP) is 2.40. The highest BCUT2D eigenvalue weighted by Gasteiger charge is 2.17. The normalized spacial score (nSPS) is 11.5. The molecule has 3 rings (SSSR count). The Hall–Kier alpha value is -2.33. The summed E-state index contributed by atoms with van der Waals surface area (Å²) in [5.41, 5.74) is 2.64. The molecule has 1 aromatic carbocycles. The summed E-state index contributed by atoms with van der Waals surface area (Å²) in [5, 5.41) is 18.3. The summed E-state index contributed by atoms with van der Waals surface area (Å²) >= 11 is 1.25. The third-order valence-corrected chi connectivity index (χ3v) is 5.37. The first kappa shape index (κ1) is 17.5. The van der Waals surface area contributed by atoms with Crippen LogP contribution in [0.2, 0.25) is 0 Å². The number of hydrogen-bond donors (Lipinski definition) is 3. The summed E-state index contributed by atoms with van der Waals surface area (Å²) in [7, 11) is -3.86. The SMILES string of the molecule is Cc1cc(-c2nc(Nc3ccccc3S(N)(=O)=O)sc2CO)ccn1. The topological polar surface area (TPSA) is 118 Å². The smallest absolute Gasteiger partial charge is 0.240 e. The van der Waals surface area contributed by atoms with Crippen molar-refractivity contribution in [1.29, 1.82) is 0 Å². The summed E-state index contributed by atoms with van der Waals surface area (Å²) in [6.45, 7) is 1.70. The van der Waals surface area contributed by atoms with Gasteiger partial charge in [0.15, 0.2) is 5.13 Å². The lowest BCUT2D eigenvalue weighted by Crippen LogP contribution is -2.13. The van der Waals surface area contributed by atoms with E-state index >= 15 is 0 Å². The number of para-hydroxylation sites is 1. The van der Waals surface area contributed by atoms with E-state index in [1.165, 1.54) is 17.4 Å². The van der Waals surface area contributed by atoms with Gasteiger partial charge < -0.3 is 10.4 Å². The Kier molecular flexibility index (Phi) is 4.82. The fourth-order valence-corrected chi connectivity index (χ4v) is 3.91. The molecule has 3 aromatic rings. The minimum absolute atomic E-state index is 0.0166. The molecule has 7 nitrogen and oxygen atoms in total. The number of aliphatic hydroxyl groups excluding tert-OH is 1. The summed E-state index contributed by atoms with van der Waals surface area (Å²) in [6.07, 6.45) is 1.68. The summed E-state index contributed by atoms with van der Waals surface area (Å²) < 4.78 is 23.4. The average molecular weight is 376 g/mol. The third-order valence-electron chi connectivity index (χ3n) is 3.45. The molecular weight excluding hydrogens is 360 g/mol. The Morgan fingerprint density at radius 1 is 1.28 bits per heavy atom. The summed E-state index contributed by atoms with van der Waals surface area (Å²) in [4.78, 5) is 9.30. The number of primary sulfonamides is 1. The first-order valence-electron chi connectivity index (χ1n) is 7.31. The van der Waals surface area contributed by atoms with Crippen molar-refractivity contribution >= 4 is 32.2 Å². The number of thiazole rings is 1. The lowest BCUT2D eigenvalue weighted by atomic mass is 10.1. The molecule has 0 atom stereocenters. The van der Waals surface area contributed by atoms with Crippen LogP contribution in [0.4, 0.5) is 10.8 Å². The van der Waals surface area contributed by atoms with Crippen LogP contribution in [0.25, 0.3) is 11.3 Å². The number of nitrogens with zero attached hydrogens (tertiary/aromatic N) is 2. The Labute approximate surface area is 149 Å². The molecule has 0 aliphatic heterocycles. The Morgan fingerprint density at radius 3 is 2.72 bits per heavy atom. The average Bonchev–Trinajstić information content (AvgIpc) is 2.97. The van der Waals surface area contributed by atoms with Crippen molar-refractivity contribution in [2.45, 2.75) is 18.4 Å². The van der Waals surface area contributed by atoms with Gasteiger partial charge in [-0.25, -0.2) is 18.5 Å². The number of hydrogen-bond acceptors (Lipinski definition) is 7. The first-order valence-corrected chi connectivity index (χ1v) is 9.67. The Bertz CT molecular complexity index is 1020. The number of rotatable bonds is 5. The lowest BCUT2D eigenvalue weighted by molar-refractivity contribution is 0.286. The summed E-state index contributed by atoms with van der Waals surface area (Å²) in [6, 6.07) is 10.0. The molecule has 0 spiro atoms. The van der Waals surface area contributed by atoms with Gasteiger partial charge in [-0.15, -0.1) is 0 Å². The standard InChI is InChI=1S/C16H16N4O3S2/c1-10-8-11(6-7-18-10)15-13(9-21)24-16(20-15)19-12-4-2-3-5-14(12)25(17,22)23/h2-8,21H,9H2,1H3,(H,19,20)(H2,17,22,23). The van der Waals surface area contributed by atoms with Gasteiger partial charge in [0.05, 0.1) is 22.9 Å². The van der Waals surface area contributed by atoms with Crippen molar-refractivity contribution in [3.05, 3.63) is 53.2 Å². The minimum atomic E-state index is -3.86. The fraction of sp³-hybridized carbons (Fsp3) is 0.125. The molecule has 4 N–H and O–H groups in total. The predicted molar refractivity (Wildman–Crippen MR) is 97.1 cm³/mol. The van der Waals surface area contributed by atoms with E-state index in [0.29, 0.717) is 21.4 Å². The third kappa shape index (κ3) is 3.85. The quantitative estimate of drug-likeness (QED) is 0.629. The maximum Gasteiger partial charge on any atom is 0.240 e. The van der Waals surface area contributed by atoms with Crippen LogP contribution >= 0.6 is 11.3 Å². The molecule has 0 aliphatic carbocycles. The van der Waals surface area contributed by atoms with Crippen molar-refractivity contribution in [2.75, 3.05) is 5.32 Å². The second kappa shape index (κ2) is 6.89. The van der Waals surface area contributed by atoms with Gasteiger partial charge in [-0.1, -0.05) is 23.5 Å². The van der Waals surface area contributed by atoms with Crippen LogP contribution in [0.1, 0.15) is 10.6 Å². The van der Waals surface area contributed by atoms with Crippen LogP contribution in [0.15, 0.2) is 47.5 Å². The number of aromatic nitrogens is 2. The van der Waals surface area contributed by atoms with E-state index in [9.17, 15) is 13.5 Å². The number of nitrogens with one attached hydrogen (secondary N) is 1. The molecule has 0 saturated heterocycles. The van der Waals surface area contributed by atoms with E-state index in [1.54, 1.807) is 24.4 Å². The van der Waals surface area contributed by atoms with Gasteiger partial charge in [0, 0.05) is 17.5 Å². The number of pyridine rings is 1. The summed E-state index contributed by atoms with van der Waals surface area (Å²) in [5.74, 6) is 0. The zero-order chi connectivity index (χ0) is 18.0. The number of aliphatic hydroxyl groups is 1. The van der Waals surface area contributed by atoms with E-state index in [-0.39, 0.29) is 11.5 Å². The molecule has 25 heavy (non-hydrogen) atoms. The first-order chi connectivity index (χ1) is 11.9. The molecular formula is C16H16N4O3S2. The van der Waals surface area contributed by atoms with Crippen LogP contribution in [0, 0.1) is 6.92 Å². The van der Waals surface area contributed by atoms with E-state index in [2.05, 4.69) is 15.3 Å². The molecule has 0 fully saturated rings. The molecule has 0 bridgehead atoms. The van der Waals surface area contributed by atoms with Crippen LogP contribution in [-0.4, -0.2) is 23.5 Å². The number of benzene rings is 1. The number of anilines is 2. The van der Waals surface area contributed by atoms with Crippen molar-refractivity contribution in [3.8, 4) is 11.3 Å². The molecule has 0 amide bonds. The largest absolute Gasteiger partial charge is 0.391 e. The van der Waals surface area contributed by atoms with Gasteiger partial charge in [0.2, 0.25) is 10.0 Å². The Balaban J connectivity index is 2.01. The zero-order valence-electron chi connectivity index (χ0n) is 13.3. The van der Waals surface area contributed by atoms with E-state index in [4.69, 9.17) is 5.14 Å². The van der Waals surface area contributed by atoms with E-state index in [1.807, 2.05) is 19.1 Å². The van der Waals surface area contributed by atoms with Crippen molar-refractivity contribution in [2.24, 2.45) is 5.14 Å². The monoisotopic (exact) mass is 376 g/mol. The highest BCUT2D eigenvalue weighted by molar-refractivity contribution is 7.89. The minimum Gasteiger partial charge on any atom is -0.391 e. The molecule has 0 aliphatic rings.